The van der Waals surface area contributed by atoms with Gasteiger partial charge in [-0.25, -0.2) is 15.0 Å². The van der Waals surface area contributed by atoms with Crippen LogP contribution in [0.25, 0.3) is 11.2 Å². The minimum absolute atomic E-state index is 0.205. The lowest BCUT2D eigenvalue weighted by Gasteiger charge is -2.07. The van der Waals surface area contributed by atoms with E-state index in [1.807, 2.05) is 4.34 Å². The van der Waals surface area contributed by atoms with Crippen LogP contribution in [0.3, 0.4) is 0 Å². The maximum Gasteiger partial charge on any atom is 0.274 e. The molecule has 25 heavy (non-hydrogen) atoms. The van der Waals surface area contributed by atoms with Gasteiger partial charge >= 0.3 is 0 Å². The van der Waals surface area contributed by atoms with Crippen molar-refractivity contribution in [3.8, 4) is 0 Å². The Kier molecular flexibility index (Phi) is 5.68. The molecule has 9 heteroatoms. The molecule has 0 amide bonds. The van der Waals surface area contributed by atoms with E-state index in [0.29, 0.717) is 18.8 Å². The first-order valence-electron chi connectivity index (χ1n) is 8.04. The van der Waals surface area contributed by atoms with Crippen LogP contribution in [0.5, 0.6) is 0 Å². The highest BCUT2D eigenvalue weighted by molar-refractivity contribution is 14.2. The Hall–Kier alpha value is -1.54. The molecule has 3 aromatic rings. The first-order chi connectivity index (χ1) is 12.0. The Balaban J connectivity index is 2.05. The molecule has 7 nitrogen and oxygen atoms in total. The lowest BCUT2D eigenvalue weighted by molar-refractivity contribution is 0.582. The molecular formula is C16H20IN6OP. The van der Waals surface area contributed by atoms with E-state index in [1.54, 1.807) is 29.2 Å². The van der Waals surface area contributed by atoms with Crippen molar-refractivity contribution >= 4 is 45.3 Å². The number of imidazole rings is 1. The van der Waals surface area contributed by atoms with Crippen LogP contribution in [0.15, 0.2) is 29.5 Å². The fourth-order valence-corrected chi connectivity index (χ4v) is 4.60. The topological polar surface area (TPSA) is 91.6 Å². The lowest BCUT2D eigenvalue weighted by Crippen LogP contribution is -2.23. The highest BCUT2D eigenvalue weighted by Gasteiger charge is 2.16. The molecule has 0 saturated heterocycles. The van der Waals surface area contributed by atoms with Crippen molar-refractivity contribution in [3.05, 3.63) is 46.5 Å². The molecule has 0 fully saturated rings. The van der Waals surface area contributed by atoms with Gasteiger partial charge in [0.1, 0.15) is 17.7 Å². The maximum atomic E-state index is 12.2. The van der Waals surface area contributed by atoms with E-state index < -0.39 is 0 Å². The van der Waals surface area contributed by atoms with Gasteiger partial charge in [0.2, 0.25) is 0 Å². The second kappa shape index (κ2) is 7.78. The van der Waals surface area contributed by atoms with Crippen LogP contribution in [0.4, 0.5) is 5.69 Å². The lowest BCUT2D eigenvalue weighted by atomic mass is 10.1. The van der Waals surface area contributed by atoms with Crippen molar-refractivity contribution in [2.24, 2.45) is 5.92 Å². The highest BCUT2D eigenvalue weighted by Crippen LogP contribution is 2.31. The number of fused-ring (bicyclic) bond motifs is 1. The van der Waals surface area contributed by atoms with Gasteiger partial charge in [0.05, 0.1) is 24.3 Å². The molecule has 1 unspecified atom stereocenters. The quantitative estimate of drug-likeness (QED) is 0.442. The third-order valence-corrected chi connectivity index (χ3v) is 6.08. The fourth-order valence-electron chi connectivity index (χ4n) is 2.62. The van der Waals surface area contributed by atoms with Crippen molar-refractivity contribution in [1.29, 1.82) is 0 Å². The number of nitrogen functional groups attached to an aromatic ring is 1. The number of nitrogens with two attached hydrogens (primary N) is 1. The van der Waals surface area contributed by atoms with E-state index >= 15 is 0 Å². The van der Waals surface area contributed by atoms with Crippen LogP contribution < -0.4 is 11.3 Å². The van der Waals surface area contributed by atoms with Crippen LogP contribution in [0, 0.1) is 5.92 Å². The number of anilines is 1. The van der Waals surface area contributed by atoms with Crippen molar-refractivity contribution < 1.29 is 0 Å². The van der Waals surface area contributed by atoms with Gasteiger partial charge in [0.25, 0.3) is 5.56 Å². The highest BCUT2D eigenvalue weighted by atomic mass is 127. The maximum absolute atomic E-state index is 12.2. The summed E-state index contributed by atoms with van der Waals surface area (Å²) in [7, 11) is 0. The Morgan fingerprint density at radius 1 is 1.36 bits per heavy atom. The molecule has 0 aliphatic heterocycles. The molecule has 0 radical (unpaired) electrons. The number of halogens is 1. The molecule has 1 atom stereocenters. The third-order valence-electron chi connectivity index (χ3n) is 3.99. The van der Waals surface area contributed by atoms with Crippen LogP contribution in [0.2, 0.25) is 0 Å². The van der Waals surface area contributed by atoms with Crippen molar-refractivity contribution in [3.63, 3.8) is 0 Å². The zero-order valence-corrected chi connectivity index (χ0v) is 17.3. The van der Waals surface area contributed by atoms with Gasteiger partial charge in [0.15, 0.2) is 5.65 Å². The van der Waals surface area contributed by atoms with Crippen molar-refractivity contribution in [1.82, 2.24) is 23.9 Å². The summed E-state index contributed by atoms with van der Waals surface area (Å²) in [5.74, 6) is 1.39. The molecule has 0 aromatic carbocycles. The summed E-state index contributed by atoms with van der Waals surface area (Å²) < 4.78 is 3.62. The van der Waals surface area contributed by atoms with E-state index in [4.69, 9.17) is 10.7 Å². The molecule has 3 aromatic heterocycles. The Morgan fingerprint density at radius 3 is 2.88 bits per heavy atom. The van der Waals surface area contributed by atoms with Gasteiger partial charge in [-0.05, 0) is 52.9 Å². The molecule has 3 heterocycles. The normalized spacial score (nSPS) is 12.0. The molecule has 132 valence electrons. The smallest absolute Gasteiger partial charge is 0.274 e. The average Bonchev–Trinajstić information content (AvgIpc) is 2.94. The summed E-state index contributed by atoms with van der Waals surface area (Å²) in [4.78, 5) is 25.8. The van der Waals surface area contributed by atoms with Gasteiger partial charge in [-0.15, -0.1) is 0 Å². The summed E-state index contributed by atoms with van der Waals surface area (Å²) in [6, 6.07) is 3.38. The number of hydrogen-bond donors (Lipinski definition) is 1. The molecule has 0 aliphatic carbocycles. The van der Waals surface area contributed by atoms with Gasteiger partial charge in [-0.1, -0.05) is 13.8 Å². The molecule has 0 bridgehead atoms. The second-order valence-electron chi connectivity index (χ2n) is 6.27. The number of hydrogen-bond acceptors (Lipinski definition) is 5. The van der Waals surface area contributed by atoms with E-state index in [-0.39, 0.29) is 11.2 Å². The third kappa shape index (κ3) is 3.84. The monoisotopic (exact) mass is 470 g/mol. The number of nitrogens with zero attached hydrogens (tertiary/aromatic N) is 5. The van der Waals surface area contributed by atoms with Crippen molar-refractivity contribution in [2.45, 2.75) is 33.2 Å². The van der Waals surface area contributed by atoms with Crippen molar-refractivity contribution in [2.75, 3.05) is 5.73 Å². The van der Waals surface area contributed by atoms with Crippen LogP contribution in [-0.2, 0) is 13.0 Å². The van der Waals surface area contributed by atoms with E-state index in [0.717, 1.165) is 35.5 Å². The number of pyridine rings is 1. The fraction of sp³-hybridized carbons (Fsp3) is 0.375. The summed E-state index contributed by atoms with van der Waals surface area (Å²) >= 11 is 2.30. The molecule has 3 rings (SSSR count). The minimum Gasteiger partial charge on any atom is -0.394 e. The Morgan fingerprint density at radius 2 is 2.16 bits per heavy atom. The van der Waals surface area contributed by atoms with E-state index in [2.05, 4.69) is 45.9 Å². The molecule has 0 saturated carbocycles. The number of aromatic nitrogens is 5. The summed E-state index contributed by atoms with van der Waals surface area (Å²) in [6.45, 7) is 4.75. The first kappa shape index (κ1) is 18.3. The standard InChI is InChI=1S/C16H20IN6OP/c1-10(2)5-6-12-14-15(20-9-19-12)23(25-17)13(21-14)8-22-7-3-4-11(18)16(22)24/h3-4,7,9-10,25H,5-6,8,18H2,1-2H3. The summed E-state index contributed by atoms with van der Waals surface area (Å²) in [6.07, 6.45) is 5.68. The van der Waals surface area contributed by atoms with E-state index in [9.17, 15) is 4.79 Å². The van der Waals surface area contributed by atoms with Crippen LogP contribution >= 0.6 is 28.4 Å². The second-order valence-corrected chi connectivity index (χ2v) is 8.33. The Labute approximate surface area is 160 Å². The zero-order chi connectivity index (χ0) is 18.0. The molecule has 0 spiro atoms. The predicted molar refractivity (Wildman–Crippen MR) is 110 cm³/mol. The van der Waals surface area contributed by atoms with E-state index in [1.165, 1.54) is 0 Å². The number of aryl methyl sites for hydroxylation is 1. The minimum atomic E-state index is -0.205. The molecule has 2 N–H and O–H groups in total. The van der Waals surface area contributed by atoms with Gasteiger partial charge in [-0.3, -0.25) is 9.13 Å². The molecular weight excluding hydrogens is 450 g/mol. The number of rotatable bonds is 6. The average molecular weight is 470 g/mol. The first-order valence-corrected chi connectivity index (χ1v) is 12.1. The van der Waals surface area contributed by atoms with Gasteiger partial charge < -0.3 is 10.3 Å². The SMILES string of the molecule is CC(C)CCc1ncnc2c1nc(Cn1cccc(N)c1=O)n2PI. The van der Waals surface area contributed by atoms with Gasteiger partial charge in [-0.2, -0.15) is 0 Å². The Bertz CT molecular complexity index is 951. The van der Waals surface area contributed by atoms with Crippen LogP contribution in [-0.4, -0.2) is 23.9 Å². The zero-order valence-electron chi connectivity index (χ0n) is 14.1. The largest absolute Gasteiger partial charge is 0.394 e. The van der Waals surface area contributed by atoms with Crippen LogP contribution in [0.1, 0.15) is 31.8 Å². The summed E-state index contributed by atoms with van der Waals surface area (Å²) in [5, 5.41) is 0. The summed E-state index contributed by atoms with van der Waals surface area (Å²) in [5.41, 5.74) is 8.39. The van der Waals surface area contributed by atoms with Gasteiger partial charge in [0, 0.05) is 6.20 Å². The molecule has 0 aliphatic rings. The predicted octanol–water partition coefficient (Wildman–Crippen LogP) is 3.00.